The Labute approximate surface area is 126 Å². The SMILES string of the molecule is CCCCOCCNc1nc(NCC)nc(OCCC)n1. The summed E-state index contributed by atoms with van der Waals surface area (Å²) in [5.41, 5.74) is 0. The molecule has 0 unspecified atom stereocenters. The van der Waals surface area contributed by atoms with Crippen LogP contribution in [0, 0.1) is 0 Å². The average Bonchev–Trinajstić information content (AvgIpc) is 2.49. The van der Waals surface area contributed by atoms with Gasteiger partial charge in [0.15, 0.2) is 0 Å². The second-order valence-corrected chi connectivity index (χ2v) is 4.54. The molecule has 0 aromatic carbocycles. The fourth-order valence-corrected chi connectivity index (χ4v) is 1.51. The third-order valence-corrected chi connectivity index (χ3v) is 2.56. The molecule has 0 saturated heterocycles. The van der Waals surface area contributed by atoms with E-state index in [1.165, 1.54) is 0 Å². The zero-order valence-corrected chi connectivity index (χ0v) is 13.3. The van der Waals surface area contributed by atoms with Crippen LogP contribution in [-0.4, -0.2) is 47.9 Å². The summed E-state index contributed by atoms with van der Waals surface area (Å²) in [6.07, 6.45) is 3.15. The van der Waals surface area contributed by atoms with Crippen LogP contribution >= 0.6 is 0 Å². The zero-order valence-electron chi connectivity index (χ0n) is 13.3. The fourth-order valence-electron chi connectivity index (χ4n) is 1.51. The number of hydrogen-bond donors (Lipinski definition) is 2. The van der Waals surface area contributed by atoms with Gasteiger partial charge in [-0.15, -0.1) is 0 Å². The van der Waals surface area contributed by atoms with Crippen molar-refractivity contribution in [2.24, 2.45) is 0 Å². The summed E-state index contributed by atoms with van der Waals surface area (Å²) in [6.45, 7) is 9.60. The highest BCUT2D eigenvalue weighted by atomic mass is 16.5. The number of rotatable bonds is 12. The Morgan fingerprint density at radius 2 is 1.62 bits per heavy atom. The molecule has 2 N–H and O–H groups in total. The molecular formula is C14H27N5O2. The molecule has 120 valence electrons. The maximum atomic E-state index is 5.49. The minimum Gasteiger partial charge on any atom is -0.463 e. The molecule has 1 aromatic heterocycles. The lowest BCUT2D eigenvalue weighted by molar-refractivity contribution is 0.141. The van der Waals surface area contributed by atoms with Gasteiger partial charge in [-0.25, -0.2) is 0 Å². The molecule has 0 amide bonds. The van der Waals surface area contributed by atoms with E-state index in [9.17, 15) is 0 Å². The maximum absolute atomic E-state index is 5.49. The monoisotopic (exact) mass is 297 g/mol. The number of aromatic nitrogens is 3. The van der Waals surface area contributed by atoms with E-state index in [1.54, 1.807) is 0 Å². The van der Waals surface area contributed by atoms with Crippen LogP contribution in [0.4, 0.5) is 11.9 Å². The molecule has 7 nitrogen and oxygen atoms in total. The van der Waals surface area contributed by atoms with E-state index in [0.717, 1.165) is 32.4 Å². The van der Waals surface area contributed by atoms with Crippen LogP contribution in [0.1, 0.15) is 40.0 Å². The van der Waals surface area contributed by atoms with Crippen molar-refractivity contribution in [3.8, 4) is 6.01 Å². The van der Waals surface area contributed by atoms with E-state index in [0.29, 0.717) is 37.7 Å². The number of unbranched alkanes of at least 4 members (excludes halogenated alkanes) is 1. The number of nitrogens with one attached hydrogen (secondary N) is 2. The second-order valence-electron chi connectivity index (χ2n) is 4.54. The molecule has 0 aliphatic carbocycles. The Kier molecular flexibility index (Phi) is 9.19. The lowest BCUT2D eigenvalue weighted by atomic mass is 10.4. The van der Waals surface area contributed by atoms with Crippen LogP contribution in [0.2, 0.25) is 0 Å². The zero-order chi connectivity index (χ0) is 15.3. The number of ether oxygens (including phenoxy) is 2. The smallest absolute Gasteiger partial charge is 0.323 e. The summed E-state index contributed by atoms with van der Waals surface area (Å²) in [5, 5.41) is 6.20. The van der Waals surface area contributed by atoms with Gasteiger partial charge in [-0.05, 0) is 19.8 Å². The third kappa shape index (κ3) is 7.65. The Hall–Kier alpha value is -1.63. The minimum absolute atomic E-state index is 0.345. The molecule has 0 bridgehead atoms. The normalized spacial score (nSPS) is 10.4. The molecule has 0 spiro atoms. The largest absolute Gasteiger partial charge is 0.463 e. The molecule has 1 rings (SSSR count). The van der Waals surface area contributed by atoms with Crippen molar-refractivity contribution in [3.63, 3.8) is 0 Å². The molecule has 0 aliphatic heterocycles. The second kappa shape index (κ2) is 11.1. The molecule has 0 radical (unpaired) electrons. The van der Waals surface area contributed by atoms with Gasteiger partial charge in [0.05, 0.1) is 13.2 Å². The lowest BCUT2D eigenvalue weighted by Gasteiger charge is -2.10. The first kappa shape index (κ1) is 17.4. The highest BCUT2D eigenvalue weighted by Gasteiger charge is 2.06. The van der Waals surface area contributed by atoms with E-state index >= 15 is 0 Å². The first-order valence-corrected chi connectivity index (χ1v) is 7.74. The molecule has 0 aliphatic rings. The van der Waals surface area contributed by atoms with Crippen molar-refractivity contribution in [1.29, 1.82) is 0 Å². The van der Waals surface area contributed by atoms with Crippen molar-refractivity contribution >= 4 is 11.9 Å². The van der Waals surface area contributed by atoms with E-state index < -0.39 is 0 Å². The molecule has 1 aromatic rings. The Balaban J connectivity index is 2.48. The van der Waals surface area contributed by atoms with Crippen LogP contribution in [-0.2, 0) is 4.74 Å². The van der Waals surface area contributed by atoms with E-state index in [-0.39, 0.29) is 0 Å². The average molecular weight is 297 g/mol. The Morgan fingerprint density at radius 3 is 2.29 bits per heavy atom. The maximum Gasteiger partial charge on any atom is 0.323 e. The van der Waals surface area contributed by atoms with Gasteiger partial charge in [0.2, 0.25) is 11.9 Å². The highest BCUT2D eigenvalue weighted by molar-refractivity contribution is 5.35. The van der Waals surface area contributed by atoms with Gasteiger partial charge in [0, 0.05) is 19.7 Å². The van der Waals surface area contributed by atoms with E-state index in [2.05, 4.69) is 32.5 Å². The molecule has 21 heavy (non-hydrogen) atoms. The molecular weight excluding hydrogens is 270 g/mol. The van der Waals surface area contributed by atoms with E-state index in [4.69, 9.17) is 9.47 Å². The summed E-state index contributed by atoms with van der Waals surface area (Å²) < 4.78 is 11.0. The van der Waals surface area contributed by atoms with Crippen molar-refractivity contribution in [3.05, 3.63) is 0 Å². The minimum atomic E-state index is 0.345. The fraction of sp³-hybridized carbons (Fsp3) is 0.786. The van der Waals surface area contributed by atoms with Gasteiger partial charge in [0.25, 0.3) is 0 Å². The lowest BCUT2D eigenvalue weighted by Crippen LogP contribution is -2.14. The van der Waals surface area contributed by atoms with Crippen LogP contribution in [0.15, 0.2) is 0 Å². The highest BCUT2D eigenvalue weighted by Crippen LogP contribution is 2.11. The molecule has 1 heterocycles. The van der Waals surface area contributed by atoms with E-state index in [1.807, 2.05) is 13.8 Å². The van der Waals surface area contributed by atoms with Gasteiger partial charge >= 0.3 is 6.01 Å². The van der Waals surface area contributed by atoms with Gasteiger partial charge in [0.1, 0.15) is 0 Å². The van der Waals surface area contributed by atoms with Crippen LogP contribution in [0.5, 0.6) is 6.01 Å². The van der Waals surface area contributed by atoms with Crippen LogP contribution in [0.25, 0.3) is 0 Å². The number of hydrogen-bond acceptors (Lipinski definition) is 7. The third-order valence-electron chi connectivity index (χ3n) is 2.56. The predicted octanol–water partition coefficient (Wildman–Crippen LogP) is 2.32. The van der Waals surface area contributed by atoms with Crippen molar-refractivity contribution in [1.82, 2.24) is 15.0 Å². The van der Waals surface area contributed by atoms with Crippen molar-refractivity contribution in [2.45, 2.75) is 40.0 Å². The number of anilines is 2. The standard InChI is InChI=1S/C14H27N5O2/c1-4-7-10-20-11-8-16-13-17-12(15-6-3)18-14(19-13)21-9-5-2/h4-11H2,1-3H3,(H2,15,16,17,18,19). The number of nitrogens with zero attached hydrogens (tertiary/aromatic N) is 3. The Morgan fingerprint density at radius 1 is 0.857 bits per heavy atom. The van der Waals surface area contributed by atoms with Gasteiger partial charge in [-0.2, -0.15) is 15.0 Å². The summed E-state index contributed by atoms with van der Waals surface area (Å²) in [5.74, 6) is 1.03. The van der Waals surface area contributed by atoms with Crippen LogP contribution in [0.3, 0.4) is 0 Å². The predicted molar refractivity (Wildman–Crippen MR) is 84.0 cm³/mol. The molecule has 0 fully saturated rings. The molecule has 0 saturated carbocycles. The quantitative estimate of drug-likeness (QED) is 0.573. The van der Waals surface area contributed by atoms with Crippen molar-refractivity contribution < 1.29 is 9.47 Å². The van der Waals surface area contributed by atoms with Crippen molar-refractivity contribution in [2.75, 3.05) is 43.5 Å². The first-order valence-electron chi connectivity index (χ1n) is 7.74. The summed E-state index contributed by atoms with van der Waals surface area (Å²) >= 11 is 0. The summed E-state index contributed by atoms with van der Waals surface area (Å²) in [4.78, 5) is 12.7. The summed E-state index contributed by atoms with van der Waals surface area (Å²) in [6, 6.07) is 0.345. The van der Waals surface area contributed by atoms with Gasteiger partial charge in [-0.3, -0.25) is 0 Å². The van der Waals surface area contributed by atoms with Gasteiger partial charge in [-0.1, -0.05) is 20.3 Å². The van der Waals surface area contributed by atoms with Gasteiger partial charge < -0.3 is 20.1 Å². The molecule has 0 atom stereocenters. The Bertz CT molecular complexity index is 390. The summed E-state index contributed by atoms with van der Waals surface area (Å²) in [7, 11) is 0. The first-order chi connectivity index (χ1) is 10.3. The topological polar surface area (TPSA) is 81.2 Å². The van der Waals surface area contributed by atoms with Crippen LogP contribution < -0.4 is 15.4 Å². The molecule has 7 heteroatoms.